The fourth-order valence-corrected chi connectivity index (χ4v) is 2.92. The van der Waals surface area contributed by atoms with Gasteiger partial charge >= 0.3 is 0 Å². The molecule has 0 aliphatic rings. The van der Waals surface area contributed by atoms with E-state index < -0.39 is 6.04 Å². The fraction of sp³-hybridized carbons (Fsp3) is 0.333. The summed E-state index contributed by atoms with van der Waals surface area (Å²) in [4.78, 5) is 25.4. The predicted octanol–water partition coefficient (Wildman–Crippen LogP) is 3.16. The van der Waals surface area contributed by atoms with E-state index in [9.17, 15) is 9.59 Å². The van der Waals surface area contributed by atoms with Crippen molar-refractivity contribution in [1.82, 2.24) is 5.32 Å². The highest BCUT2D eigenvalue weighted by Gasteiger charge is 2.25. The Morgan fingerprint density at radius 1 is 1.08 bits per heavy atom. The number of nitrogens with one attached hydrogen (secondary N) is 2. The van der Waals surface area contributed by atoms with Crippen LogP contribution >= 0.6 is 11.3 Å². The molecule has 0 fully saturated rings. The summed E-state index contributed by atoms with van der Waals surface area (Å²) in [5.41, 5.74) is 0.568. The van der Waals surface area contributed by atoms with E-state index in [1.165, 1.54) is 18.4 Å². The molecule has 1 heterocycles. The van der Waals surface area contributed by atoms with Gasteiger partial charge in [-0.25, -0.2) is 0 Å². The van der Waals surface area contributed by atoms with Crippen LogP contribution in [0.5, 0.6) is 11.5 Å². The van der Waals surface area contributed by atoms with Gasteiger partial charge in [0, 0.05) is 11.8 Å². The van der Waals surface area contributed by atoms with Gasteiger partial charge in [-0.1, -0.05) is 19.9 Å². The summed E-state index contributed by atoms with van der Waals surface area (Å²) in [6.07, 6.45) is 0. The summed E-state index contributed by atoms with van der Waals surface area (Å²) in [7, 11) is 3.08. The topological polar surface area (TPSA) is 76.7 Å². The summed E-state index contributed by atoms with van der Waals surface area (Å²) in [5, 5.41) is 7.43. The van der Waals surface area contributed by atoms with Crippen molar-refractivity contribution in [3.8, 4) is 11.5 Å². The first-order chi connectivity index (χ1) is 12.0. The van der Waals surface area contributed by atoms with Crippen molar-refractivity contribution < 1.29 is 19.1 Å². The Balaban J connectivity index is 2.11. The molecule has 7 heteroatoms. The number of carbonyl (C=O) groups is 2. The van der Waals surface area contributed by atoms with Gasteiger partial charge in [-0.3, -0.25) is 9.59 Å². The van der Waals surface area contributed by atoms with Crippen molar-refractivity contribution in [2.24, 2.45) is 5.92 Å². The molecule has 25 heavy (non-hydrogen) atoms. The number of anilines is 1. The lowest BCUT2D eigenvalue weighted by atomic mass is 10.0. The monoisotopic (exact) mass is 362 g/mol. The molecule has 0 aliphatic heterocycles. The minimum atomic E-state index is -0.650. The van der Waals surface area contributed by atoms with Crippen LogP contribution in [0.25, 0.3) is 0 Å². The molecule has 0 bridgehead atoms. The van der Waals surface area contributed by atoms with Crippen molar-refractivity contribution in [1.29, 1.82) is 0 Å². The van der Waals surface area contributed by atoms with Gasteiger partial charge in [0.15, 0.2) is 11.5 Å². The zero-order valence-corrected chi connectivity index (χ0v) is 15.5. The van der Waals surface area contributed by atoms with Crippen LogP contribution in [0.3, 0.4) is 0 Å². The van der Waals surface area contributed by atoms with E-state index in [4.69, 9.17) is 9.47 Å². The Labute approximate surface area is 151 Å². The third-order valence-electron chi connectivity index (χ3n) is 3.63. The Kier molecular flexibility index (Phi) is 6.41. The highest BCUT2D eigenvalue weighted by Crippen LogP contribution is 2.29. The number of rotatable bonds is 7. The number of hydrogen-bond donors (Lipinski definition) is 2. The molecule has 1 aromatic heterocycles. The van der Waals surface area contributed by atoms with Crippen LogP contribution in [0.1, 0.15) is 23.5 Å². The second-order valence-corrected chi connectivity index (χ2v) is 6.68. The molecular formula is C18H22N2O4S. The number of benzene rings is 1. The minimum Gasteiger partial charge on any atom is -0.493 e. The summed E-state index contributed by atoms with van der Waals surface area (Å²) in [6, 6.07) is 7.98. The fourth-order valence-electron chi connectivity index (χ4n) is 2.29. The molecule has 1 unspecified atom stereocenters. The number of thiophene rings is 1. The molecule has 2 N–H and O–H groups in total. The number of hydrogen-bond acceptors (Lipinski definition) is 5. The first-order valence-electron chi connectivity index (χ1n) is 7.83. The molecule has 6 nitrogen and oxygen atoms in total. The molecule has 1 atom stereocenters. The maximum absolute atomic E-state index is 12.6. The van der Waals surface area contributed by atoms with Crippen LogP contribution in [-0.2, 0) is 4.79 Å². The molecule has 2 rings (SSSR count). The van der Waals surface area contributed by atoms with E-state index >= 15 is 0 Å². The second kappa shape index (κ2) is 8.53. The normalized spacial score (nSPS) is 11.7. The van der Waals surface area contributed by atoms with Crippen molar-refractivity contribution in [3.63, 3.8) is 0 Å². The number of carbonyl (C=O) groups excluding carboxylic acids is 2. The van der Waals surface area contributed by atoms with Crippen LogP contribution in [0, 0.1) is 5.92 Å². The second-order valence-electron chi connectivity index (χ2n) is 5.73. The smallest absolute Gasteiger partial charge is 0.262 e. The summed E-state index contributed by atoms with van der Waals surface area (Å²) in [5.74, 6) is 0.489. The van der Waals surface area contributed by atoms with Gasteiger partial charge in [0.05, 0.1) is 19.1 Å². The van der Waals surface area contributed by atoms with Crippen molar-refractivity contribution in [2.45, 2.75) is 19.9 Å². The Morgan fingerprint density at radius 3 is 2.36 bits per heavy atom. The Morgan fingerprint density at radius 2 is 1.80 bits per heavy atom. The van der Waals surface area contributed by atoms with Gasteiger partial charge < -0.3 is 20.1 Å². The van der Waals surface area contributed by atoms with Gasteiger partial charge in [-0.15, -0.1) is 11.3 Å². The standard InChI is InChI=1S/C18H22N2O4S/c1-11(2)16(20-17(21)15-6-5-9-25-15)18(22)19-12-7-8-13(23-3)14(10-12)24-4/h5-11,16H,1-4H3,(H,19,22)(H,20,21). The molecule has 0 saturated heterocycles. The highest BCUT2D eigenvalue weighted by molar-refractivity contribution is 7.12. The zero-order valence-electron chi connectivity index (χ0n) is 14.7. The van der Waals surface area contributed by atoms with E-state index in [0.29, 0.717) is 22.1 Å². The molecule has 134 valence electrons. The first kappa shape index (κ1) is 18.8. The molecule has 1 aromatic carbocycles. The van der Waals surface area contributed by atoms with Gasteiger partial charge in [-0.2, -0.15) is 0 Å². The SMILES string of the molecule is COc1ccc(NC(=O)C(NC(=O)c2cccs2)C(C)C)cc1OC. The lowest BCUT2D eigenvalue weighted by Crippen LogP contribution is -2.46. The number of ether oxygens (including phenoxy) is 2. The van der Waals surface area contributed by atoms with Crippen LogP contribution in [-0.4, -0.2) is 32.1 Å². The van der Waals surface area contributed by atoms with Crippen LogP contribution in [0.15, 0.2) is 35.7 Å². The third-order valence-corrected chi connectivity index (χ3v) is 4.50. The van der Waals surface area contributed by atoms with Crippen molar-refractivity contribution in [3.05, 3.63) is 40.6 Å². The number of methoxy groups -OCH3 is 2. The van der Waals surface area contributed by atoms with E-state index in [0.717, 1.165) is 0 Å². The number of amides is 2. The van der Waals surface area contributed by atoms with Crippen LogP contribution in [0.4, 0.5) is 5.69 Å². The predicted molar refractivity (Wildman–Crippen MR) is 98.6 cm³/mol. The summed E-state index contributed by atoms with van der Waals surface area (Å²) >= 11 is 1.34. The average Bonchev–Trinajstić information content (AvgIpc) is 3.13. The third kappa shape index (κ3) is 4.73. The molecule has 0 aliphatic carbocycles. The molecular weight excluding hydrogens is 340 g/mol. The maximum Gasteiger partial charge on any atom is 0.262 e. The average molecular weight is 362 g/mol. The van der Waals surface area contributed by atoms with E-state index in [1.54, 1.807) is 37.4 Å². The maximum atomic E-state index is 12.6. The lowest BCUT2D eigenvalue weighted by molar-refractivity contribution is -0.118. The molecule has 0 spiro atoms. The molecule has 2 amide bonds. The van der Waals surface area contributed by atoms with E-state index in [-0.39, 0.29) is 17.7 Å². The van der Waals surface area contributed by atoms with Crippen molar-refractivity contribution in [2.75, 3.05) is 19.5 Å². The van der Waals surface area contributed by atoms with Crippen LogP contribution in [0.2, 0.25) is 0 Å². The first-order valence-corrected chi connectivity index (χ1v) is 8.71. The van der Waals surface area contributed by atoms with Crippen molar-refractivity contribution >= 4 is 28.8 Å². The molecule has 0 saturated carbocycles. The van der Waals surface area contributed by atoms with Gasteiger partial charge in [0.1, 0.15) is 6.04 Å². The van der Waals surface area contributed by atoms with E-state index in [1.807, 2.05) is 19.2 Å². The minimum absolute atomic E-state index is 0.0657. The lowest BCUT2D eigenvalue weighted by Gasteiger charge is -2.21. The summed E-state index contributed by atoms with van der Waals surface area (Å²) < 4.78 is 10.4. The Bertz CT molecular complexity index is 729. The highest BCUT2D eigenvalue weighted by atomic mass is 32.1. The molecule has 0 radical (unpaired) electrons. The Hall–Kier alpha value is -2.54. The molecule has 2 aromatic rings. The largest absolute Gasteiger partial charge is 0.493 e. The van der Waals surface area contributed by atoms with Gasteiger partial charge in [0.2, 0.25) is 5.91 Å². The van der Waals surface area contributed by atoms with E-state index in [2.05, 4.69) is 10.6 Å². The quantitative estimate of drug-likeness (QED) is 0.793. The summed E-state index contributed by atoms with van der Waals surface area (Å²) in [6.45, 7) is 3.76. The van der Waals surface area contributed by atoms with Crippen LogP contribution < -0.4 is 20.1 Å². The van der Waals surface area contributed by atoms with Gasteiger partial charge in [-0.05, 0) is 29.5 Å². The zero-order chi connectivity index (χ0) is 18.4. The van der Waals surface area contributed by atoms with Gasteiger partial charge in [0.25, 0.3) is 5.91 Å².